The van der Waals surface area contributed by atoms with Gasteiger partial charge in [-0.15, -0.1) is 10.2 Å². The molecule has 1 unspecified atom stereocenters. The van der Waals surface area contributed by atoms with E-state index in [0.717, 1.165) is 42.5 Å². The lowest BCUT2D eigenvalue weighted by atomic mass is 9.68. The normalized spacial score (nSPS) is 21.5. The summed E-state index contributed by atoms with van der Waals surface area (Å²) in [4.78, 5) is 27.9. The van der Waals surface area contributed by atoms with Crippen LogP contribution >= 0.6 is 23.1 Å². The summed E-state index contributed by atoms with van der Waals surface area (Å²) in [6.07, 6.45) is 6.65. The van der Waals surface area contributed by atoms with Gasteiger partial charge in [-0.05, 0) is 37.2 Å². The molecule has 1 saturated carbocycles. The average molecular weight is 563 g/mol. The van der Waals surface area contributed by atoms with Gasteiger partial charge in [-0.2, -0.15) is 5.26 Å². The lowest BCUT2D eigenvalue weighted by molar-refractivity contribution is -0.119. The first kappa shape index (κ1) is 27.4. The van der Waals surface area contributed by atoms with Crippen molar-refractivity contribution in [1.82, 2.24) is 15.5 Å². The fourth-order valence-electron chi connectivity index (χ4n) is 5.91. The second kappa shape index (κ2) is 11.1. The predicted octanol–water partition coefficient (Wildman–Crippen LogP) is 5.33. The first-order valence-electron chi connectivity index (χ1n) is 13.4. The second-order valence-electron chi connectivity index (χ2n) is 11.4. The predicted molar refractivity (Wildman–Crippen MR) is 154 cm³/mol. The zero-order valence-corrected chi connectivity index (χ0v) is 24.3. The second-order valence-corrected chi connectivity index (χ2v) is 13.6. The van der Waals surface area contributed by atoms with Crippen LogP contribution in [0.2, 0.25) is 0 Å². The van der Waals surface area contributed by atoms with Crippen LogP contribution in [-0.2, 0) is 9.59 Å². The summed E-state index contributed by atoms with van der Waals surface area (Å²) in [6.45, 7) is 6.13. The van der Waals surface area contributed by atoms with Gasteiger partial charge in [0.2, 0.25) is 11.0 Å². The molecule has 0 radical (unpaired) electrons. The smallest absolute Gasteiger partial charge is 0.230 e. The molecule has 0 saturated heterocycles. The highest BCUT2D eigenvalue weighted by molar-refractivity contribution is 8.01. The molecule has 3 aliphatic rings. The third-order valence-electron chi connectivity index (χ3n) is 7.64. The number of nitrogens with one attached hydrogen (secondary N) is 1. The number of aryl methyl sites for hydroxylation is 1. The Balaban J connectivity index is 1.46. The number of carbonyl (C=O) groups is 2. The molecule has 1 fully saturated rings. The molecule has 2 aliphatic carbocycles. The number of thioether (sulfide) groups is 1. The van der Waals surface area contributed by atoms with Crippen molar-refractivity contribution >= 4 is 39.9 Å². The van der Waals surface area contributed by atoms with Crippen molar-refractivity contribution in [3.8, 4) is 6.07 Å². The Hall–Kier alpha value is -3.16. The number of carbonyl (C=O) groups excluding carboxylic acids is 2. The summed E-state index contributed by atoms with van der Waals surface area (Å²) in [6, 6.07) is 10.5. The maximum Gasteiger partial charge on any atom is 0.230 e. The highest BCUT2D eigenvalue weighted by Crippen LogP contribution is 2.50. The first-order valence-corrected chi connectivity index (χ1v) is 15.3. The number of nitrogens with two attached hydrogens (primary N) is 1. The number of anilines is 1. The molecule has 2 aromatic rings. The Morgan fingerprint density at radius 2 is 2.03 bits per heavy atom. The van der Waals surface area contributed by atoms with E-state index in [2.05, 4.69) is 35.4 Å². The van der Waals surface area contributed by atoms with Crippen molar-refractivity contribution in [3.05, 3.63) is 58.1 Å². The summed E-state index contributed by atoms with van der Waals surface area (Å²) < 4.78 is 0.638. The SMILES string of the molecule is Cc1cccc(C2C(C#N)=C(N)N(c3nnc(SCC(=O)NC4CCCCC4)s3)C3=C2C(=O)CC(C)(C)C3)c1. The van der Waals surface area contributed by atoms with E-state index in [1.165, 1.54) is 29.5 Å². The van der Waals surface area contributed by atoms with Crippen molar-refractivity contribution in [1.29, 1.82) is 5.26 Å². The number of ketones is 1. The van der Waals surface area contributed by atoms with Crippen LogP contribution in [0.4, 0.5) is 5.13 Å². The minimum absolute atomic E-state index is 0.00147. The highest BCUT2D eigenvalue weighted by atomic mass is 32.2. The lowest BCUT2D eigenvalue weighted by Gasteiger charge is -2.42. The van der Waals surface area contributed by atoms with Crippen LogP contribution in [0, 0.1) is 23.7 Å². The van der Waals surface area contributed by atoms with Crippen molar-refractivity contribution in [2.75, 3.05) is 10.7 Å². The molecule has 10 heteroatoms. The van der Waals surface area contributed by atoms with Crippen LogP contribution in [-0.4, -0.2) is 33.7 Å². The number of nitriles is 1. The third kappa shape index (κ3) is 5.75. The molecule has 0 bridgehead atoms. The molecule has 2 heterocycles. The third-order valence-corrected chi connectivity index (χ3v) is 9.68. The number of Topliss-reactive ketones (excluding diaryl/α,β-unsaturated/α-hetero) is 1. The fourth-order valence-corrected chi connectivity index (χ4v) is 7.60. The number of nitrogens with zero attached hydrogens (tertiary/aromatic N) is 4. The minimum Gasteiger partial charge on any atom is -0.384 e. The quantitative estimate of drug-likeness (QED) is 0.453. The highest BCUT2D eigenvalue weighted by Gasteiger charge is 2.45. The Morgan fingerprint density at radius 3 is 2.74 bits per heavy atom. The Morgan fingerprint density at radius 1 is 1.26 bits per heavy atom. The molecule has 3 N–H and O–H groups in total. The Bertz CT molecular complexity index is 1400. The summed E-state index contributed by atoms with van der Waals surface area (Å²) in [5.41, 5.74) is 10.1. The van der Waals surface area contributed by atoms with Crippen molar-refractivity contribution in [2.24, 2.45) is 11.1 Å². The van der Waals surface area contributed by atoms with Gasteiger partial charge in [0.1, 0.15) is 5.82 Å². The van der Waals surface area contributed by atoms with E-state index in [-0.39, 0.29) is 34.7 Å². The Kier molecular flexibility index (Phi) is 7.83. The van der Waals surface area contributed by atoms with Gasteiger partial charge in [0.25, 0.3) is 0 Å². The molecule has 1 amide bonds. The van der Waals surface area contributed by atoms with E-state index in [1.807, 2.05) is 31.2 Å². The first-order chi connectivity index (χ1) is 18.7. The van der Waals surface area contributed by atoms with E-state index in [1.54, 1.807) is 4.90 Å². The monoisotopic (exact) mass is 562 g/mol. The summed E-state index contributed by atoms with van der Waals surface area (Å²) >= 11 is 2.66. The van der Waals surface area contributed by atoms with Crippen molar-refractivity contribution in [3.63, 3.8) is 0 Å². The zero-order valence-electron chi connectivity index (χ0n) is 22.6. The molecular weight excluding hydrogens is 528 g/mol. The molecule has 204 valence electrons. The van der Waals surface area contributed by atoms with Gasteiger partial charge in [0, 0.05) is 23.7 Å². The minimum atomic E-state index is -0.519. The fraction of sp³-hybridized carbons (Fsp3) is 0.483. The Labute approximate surface area is 237 Å². The number of aromatic nitrogens is 2. The largest absolute Gasteiger partial charge is 0.384 e. The lowest BCUT2D eigenvalue weighted by Crippen LogP contribution is -2.42. The van der Waals surface area contributed by atoms with Gasteiger partial charge in [-0.3, -0.25) is 14.5 Å². The van der Waals surface area contributed by atoms with Crippen LogP contribution in [0.15, 0.2) is 51.3 Å². The van der Waals surface area contributed by atoms with Crippen LogP contribution in [0.1, 0.15) is 75.8 Å². The molecule has 1 aromatic heterocycles. The van der Waals surface area contributed by atoms with Crippen LogP contribution in [0.25, 0.3) is 0 Å². The number of hydrogen-bond acceptors (Lipinski definition) is 9. The average Bonchev–Trinajstić information content (AvgIpc) is 3.35. The number of amides is 1. The maximum atomic E-state index is 13.7. The van der Waals surface area contributed by atoms with Crippen LogP contribution in [0.5, 0.6) is 0 Å². The molecule has 39 heavy (non-hydrogen) atoms. The molecule has 5 rings (SSSR count). The van der Waals surface area contributed by atoms with E-state index in [4.69, 9.17) is 5.73 Å². The summed E-state index contributed by atoms with van der Waals surface area (Å²) in [5, 5.41) is 22.6. The zero-order chi connectivity index (χ0) is 27.7. The summed E-state index contributed by atoms with van der Waals surface area (Å²) in [7, 11) is 0. The van der Waals surface area contributed by atoms with Gasteiger partial charge in [0.15, 0.2) is 10.1 Å². The van der Waals surface area contributed by atoms with Gasteiger partial charge >= 0.3 is 0 Å². The molecule has 1 aromatic carbocycles. The number of hydrogen-bond donors (Lipinski definition) is 2. The van der Waals surface area contributed by atoms with E-state index in [0.29, 0.717) is 33.5 Å². The maximum absolute atomic E-state index is 13.7. The van der Waals surface area contributed by atoms with E-state index < -0.39 is 5.92 Å². The van der Waals surface area contributed by atoms with Gasteiger partial charge in [-0.1, -0.05) is 86.0 Å². The van der Waals surface area contributed by atoms with Gasteiger partial charge in [0.05, 0.1) is 23.3 Å². The topological polar surface area (TPSA) is 125 Å². The molecular formula is C29H34N6O2S2. The molecule has 8 nitrogen and oxygen atoms in total. The summed E-state index contributed by atoms with van der Waals surface area (Å²) in [5.74, 6) is 0.0374. The number of rotatable bonds is 6. The molecule has 1 atom stereocenters. The molecule has 0 spiro atoms. The van der Waals surface area contributed by atoms with Crippen molar-refractivity contribution < 1.29 is 9.59 Å². The number of benzene rings is 1. The van der Waals surface area contributed by atoms with Gasteiger partial charge < -0.3 is 11.1 Å². The number of allylic oxidation sites excluding steroid dienone is 3. The van der Waals surface area contributed by atoms with Crippen LogP contribution in [0.3, 0.4) is 0 Å². The van der Waals surface area contributed by atoms with Crippen molar-refractivity contribution in [2.45, 2.75) is 82.0 Å². The molecule has 1 aliphatic heterocycles. The standard InChI is InChI=1S/C29H34N6O2S2/c1-17-8-7-9-18(12-17)24-20(15-30)26(31)35(21-13-29(2,3)14-22(36)25(21)24)27-33-34-28(39-27)38-16-23(37)32-19-10-5-4-6-11-19/h7-9,12,19,24H,4-6,10-11,13-14,16,31H2,1-3H3,(H,32,37). The van der Waals surface area contributed by atoms with E-state index >= 15 is 0 Å². The van der Waals surface area contributed by atoms with Crippen LogP contribution < -0.4 is 16.0 Å². The van der Waals surface area contributed by atoms with E-state index in [9.17, 15) is 14.9 Å². The van der Waals surface area contributed by atoms with Gasteiger partial charge in [-0.25, -0.2) is 0 Å².